The minimum absolute atomic E-state index is 0.521. The second-order valence-electron chi connectivity index (χ2n) is 4.92. The molecule has 0 bridgehead atoms. The first-order valence-corrected chi connectivity index (χ1v) is 6.21. The Kier molecular flexibility index (Phi) is 3.82. The average molecular weight is 197 g/mol. The van der Waals surface area contributed by atoms with Gasteiger partial charge in [0.15, 0.2) is 0 Å². The van der Waals surface area contributed by atoms with Gasteiger partial charge in [-0.2, -0.15) is 0 Å². The van der Waals surface area contributed by atoms with E-state index in [1.54, 1.807) is 0 Å². The summed E-state index contributed by atoms with van der Waals surface area (Å²) in [5, 5.41) is 3.42. The van der Waals surface area contributed by atoms with Gasteiger partial charge in [-0.1, -0.05) is 0 Å². The van der Waals surface area contributed by atoms with Crippen molar-refractivity contribution in [1.82, 2.24) is 5.32 Å². The van der Waals surface area contributed by atoms with Gasteiger partial charge in [0, 0.05) is 0 Å². The van der Waals surface area contributed by atoms with Crippen molar-refractivity contribution in [2.24, 2.45) is 5.92 Å². The smallest absolute Gasteiger partial charge is 0.0579 e. The average Bonchev–Trinajstić information content (AvgIpc) is 2.63. The zero-order valence-corrected chi connectivity index (χ0v) is 9.30. The van der Waals surface area contributed by atoms with Crippen LogP contribution in [-0.2, 0) is 4.74 Å². The van der Waals surface area contributed by atoms with Crippen LogP contribution in [-0.4, -0.2) is 25.3 Å². The number of piperidine rings is 1. The van der Waals surface area contributed by atoms with Gasteiger partial charge in [0.25, 0.3) is 0 Å². The van der Waals surface area contributed by atoms with Crippen molar-refractivity contribution < 1.29 is 4.74 Å². The molecule has 2 atom stereocenters. The van der Waals surface area contributed by atoms with Crippen molar-refractivity contribution in [1.29, 1.82) is 0 Å². The third-order valence-electron chi connectivity index (χ3n) is 3.68. The van der Waals surface area contributed by atoms with E-state index < -0.39 is 0 Å². The van der Waals surface area contributed by atoms with Crippen LogP contribution in [0.4, 0.5) is 0 Å². The van der Waals surface area contributed by atoms with E-state index in [0.717, 1.165) is 5.92 Å². The SMILES string of the molecule is CC1CCC(CCC2CCNCC2)O1. The molecule has 14 heavy (non-hydrogen) atoms. The van der Waals surface area contributed by atoms with Gasteiger partial charge < -0.3 is 10.1 Å². The van der Waals surface area contributed by atoms with E-state index in [9.17, 15) is 0 Å². The van der Waals surface area contributed by atoms with Crippen LogP contribution in [0, 0.1) is 5.92 Å². The first-order valence-electron chi connectivity index (χ1n) is 6.21. The standard InChI is InChI=1S/C12H23NO/c1-10-2-4-12(14-10)5-3-11-6-8-13-9-7-11/h10-13H,2-9H2,1H3. The fraction of sp³-hybridized carbons (Fsp3) is 1.00. The van der Waals surface area contributed by atoms with Gasteiger partial charge in [-0.25, -0.2) is 0 Å². The topological polar surface area (TPSA) is 21.3 Å². The third-order valence-corrected chi connectivity index (χ3v) is 3.68. The van der Waals surface area contributed by atoms with Crippen molar-refractivity contribution >= 4 is 0 Å². The Bertz CT molecular complexity index is 161. The second kappa shape index (κ2) is 5.13. The Morgan fingerprint density at radius 2 is 1.86 bits per heavy atom. The molecule has 82 valence electrons. The summed E-state index contributed by atoms with van der Waals surface area (Å²) in [6.45, 7) is 4.66. The van der Waals surface area contributed by atoms with Gasteiger partial charge in [-0.3, -0.25) is 0 Å². The number of rotatable bonds is 3. The first kappa shape index (κ1) is 10.4. The number of hydrogen-bond acceptors (Lipinski definition) is 2. The van der Waals surface area contributed by atoms with Gasteiger partial charge in [-0.05, 0) is 64.5 Å². The molecule has 0 amide bonds. The Labute approximate surface area is 87.4 Å². The lowest BCUT2D eigenvalue weighted by Gasteiger charge is -2.23. The number of hydrogen-bond donors (Lipinski definition) is 1. The van der Waals surface area contributed by atoms with Crippen molar-refractivity contribution in [2.45, 2.75) is 57.7 Å². The highest BCUT2D eigenvalue weighted by atomic mass is 16.5. The normalized spacial score (nSPS) is 34.9. The number of nitrogens with one attached hydrogen (secondary N) is 1. The summed E-state index contributed by atoms with van der Waals surface area (Å²) in [5.74, 6) is 0.968. The van der Waals surface area contributed by atoms with Crippen LogP contribution in [0.25, 0.3) is 0 Å². The van der Waals surface area contributed by atoms with E-state index in [0.29, 0.717) is 12.2 Å². The Hall–Kier alpha value is -0.0800. The summed E-state index contributed by atoms with van der Waals surface area (Å²) in [7, 11) is 0. The highest BCUT2D eigenvalue weighted by Crippen LogP contribution is 2.26. The summed E-state index contributed by atoms with van der Waals surface area (Å²) in [5.41, 5.74) is 0. The molecule has 0 aromatic rings. The monoisotopic (exact) mass is 197 g/mol. The lowest BCUT2D eigenvalue weighted by atomic mass is 9.91. The fourth-order valence-corrected chi connectivity index (χ4v) is 2.69. The van der Waals surface area contributed by atoms with Gasteiger partial charge >= 0.3 is 0 Å². The van der Waals surface area contributed by atoms with Crippen molar-refractivity contribution in [2.75, 3.05) is 13.1 Å². The molecule has 2 unspecified atom stereocenters. The Balaban J connectivity index is 1.61. The second-order valence-corrected chi connectivity index (χ2v) is 4.92. The van der Waals surface area contributed by atoms with E-state index >= 15 is 0 Å². The van der Waals surface area contributed by atoms with Crippen LogP contribution < -0.4 is 5.32 Å². The van der Waals surface area contributed by atoms with Gasteiger partial charge in [0.2, 0.25) is 0 Å². The zero-order chi connectivity index (χ0) is 9.80. The van der Waals surface area contributed by atoms with Crippen LogP contribution in [0.15, 0.2) is 0 Å². The zero-order valence-electron chi connectivity index (χ0n) is 9.30. The van der Waals surface area contributed by atoms with Crippen LogP contribution in [0.3, 0.4) is 0 Å². The molecule has 0 spiro atoms. The lowest BCUT2D eigenvalue weighted by Crippen LogP contribution is -2.28. The molecular weight excluding hydrogens is 174 g/mol. The Morgan fingerprint density at radius 3 is 2.50 bits per heavy atom. The largest absolute Gasteiger partial charge is 0.375 e. The fourth-order valence-electron chi connectivity index (χ4n) is 2.69. The molecule has 1 N–H and O–H groups in total. The molecule has 0 aromatic heterocycles. The highest BCUT2D eigenvalue weighted by Gasteiger charge is 2.23. The summed E-state index contributed by atoms with van der Waals surface area (Å²) in [6, 6.07) is 0. The van der Waals surface area contributed by atoms with Gasteiger partial charge in [-0.15, -0.1) is 0 Å². The van der Waals surface area contributed by atoms with E-state index in [2.05, 4.69) is 12.2 Å². The van der Waals surface area contributed by atoms with Crippen molar-refractivity contribution in [3.63, 3.8) is 0 Å². The molecule has 0 radical (unpaired) electrons. The first-order chi connectivity index (χ1) is 6.84. The van der Waals surface area contributed by atoms with Gasteiger partial charge in [0.05, 0.1) is 12.2 Å². The van der Waals surface area contributed by atoms with E-state index in [1.807, 2.05) is 0 Å². The quantitative estimate of drug-likeness (QED) is 0.750. The summed E-state index contributed by atoms with van der Waals surface area (Å²) < 4.78 is 5.84. The van der Waals surface area contributed by atoms with E-state index in [-0.39, 0.29) is 0 Å². The predicted molar refractivity (Wildman–Crippen MR) is 58.4 cm³/mol. The molecule has 2 saturated heterocycles. The van der Waals surface area contributed by atoms with E-state index in [4.69, 9.17) is 4.74 Å². The molecule has 0 aromatic carbocycles. The maximum absolute atomic E-state index is 5.84. The molecule has 2 fully saturated rings. The minimum atomic E-state index is 0.521. The predicted octanol–water partition coefficient (Wildman–Crippen LogP) is 2.33. The number of ether oxygens (including phenoxy) is 1. The lowest BCUT2D eigenvalue weighted by molar-refractivity contribution is 0.0461. The Morgan fingerprint density at radius 1 is 1.07 bits per heavy atom. The summed E-state index contributed by atoms with van der Waals surface area (Å²) in [6.07, 6.45) is 9.12. The van der Waals surface area contributed by atoms with Crippen molar-refractivity contribution in [3.8, 4) is 0 Å². The molecule has 2 heterocycles. The molecule has 0 aliphatic carbocycles. The van der Waals surface area contributed by atoms with Crippen molar-refractivity contribution in [3.05, 3.63) is 0 Å². The molecule has 2 heteroatoms. The molecule has 2 rings (SSSR count). The van der Waals surface area contributed by atoms with Crippen LogP contribution in [0.5, 0.6) is 0 Å². The summed E-state index contributed by atoms with van der Waals surface area (Å²) >= 11 is 0. The maximum Gasteiger partial charge on any atom is 0.0579 e. The molecule has 0 saturated carbocycles. The molecule has 2 nitrogen and oxygen atoms in total. The van der Waals surface area contributed by atoms with Gasteiger partial charge in [0.1, 0.15) is 0 Å². The maximum atomic E-state index is 5.84. The summed E-state index contributed by atoms with van der Waals surface area (Å²) in [4.78, 5) is 0. The molecule has 2 aliphatic rings. The van der Waals surface area contributed by atoms with Crippen LogP contribution in [0.2, 0.25) is 0 Å². The third kappa shape index (κ3) is 2.96. The highest BCUT2D eigenvalue weighted by molar-refractivity contribution is 4.74. The van der Waals surface area contributed by atoms with Crippen LogP contribution >= 0.6 is 0 Å². The molecular formula is C12H23NO. The van der Waals surface area contributed by atoms with Crippen LogP contribution in [0.1, 0.15) is 45.4 Å². The minimum Gasteiger partial charge on any atom is -0.375 e. The molecule has 2 aliphatic heterocycles. The van der Waals surface area contributed by atoms with E-state index in [1.165, 1.54) is 51.6 Å².